The molecule has 0 aliphatic carbocycles. The first kappa shape index (κ1) is 15.8. The molecule has 1 saturated heterocycles. The molecular formula is C15H25IN4. The van der Waals surface area contributed by atoms with Crippen LogP contribution in [0.4, 0.5) is 11.8 Å². The third-order valence-corrected chi connectivity index (χ3v) is 4.63. The fourth-order valence-electron chi connectivity index (χ4n) is 2.52. The van der Waals surface area contributed by atoms with Gasteiger partial charge in [-0.05, 0) is 61.1 Å². The molecule has 5 heteroatoms. The lowest BCUT2D eigenvalue weighted by atomic mass is 10.1. The van der Waals surface area contributed by atoms with Gasteiger partial charge in [-0.2, -0.15) is 4.98 Å². The van der Waals surface area contributed by atoms with E-state index in [1.54, 1.807) is 0 Å². The molecule has 0 bridgehead atoms. The Bertz CT molecular complexity index is 442. The number of hydrogen-bond acceptors (Lipinski definition) is 4. The number of halogens is 1. The van der Waals surface area contributed by atoms with Crippen LogP contribution in [0.3, 0.4) is 0 Å². The molecule has 1 aliphatic heterocycles. The lowest BCUT2D eigenvalue weighted by molar-refractivity contribution is 0.564. The molecule has 112 valence electrons. The summed E-state index contributed by atoms with van der Waals surface area (Å²) in [7, 11) is 0. The third-order valence-electron chi connectivity index (χ3n) is 3.49. The van der Waals surface area contributed by atoms with Crippen molar-refractivity contribution in [3.05, 3.63) is 9.26 Å². The molecule has 0 unspecified atom stereocenters. The molecule has 1 fully saturated rings. The summed E-state index contributed by atoms with van der Waals surface area (Å²) < 4.78 is 1.18. The van der Waals surface area contributed by atoms with Crippen LogP contribution >= 0.6 is 22.6 Å². The average molecular weight is 388 g/mol. The minimum atomic E-state index is 0.613. The first-order chi connectivity index (χ1) is 9.61. The van der Waals surface area contributed by atoms with Gasteiger partial charge in [0.05, 0.1) is 9.26 Å². The van der Waals surface area contributed by atoms with Gasteiger partial charge in [0.1, 0.15) is 5.82 Å². The Kier molecular flexibility index (Phi) is 5.86. The van der Waals surface area contributed by atoms with Gasteiger partial charge >= 0.3 is 0 Å². The Morgan fingerprint density at radius 3 is 2.50 bits per heavy atom. The van der Waals surface area contributed by atoms with E-state index in [0.29, 0.717) is 5.92 Å². The predicted octanol–water partition coefficient (Wildman–Crippen LogP) is 3.70. The quantitative estimate of drug-likeness (QED) is 0.781. The van der Waals surface area contributed by atoms with Crippen LogP contribution in [0, 0.1) is 9.49 Å². The fourth-order valence-corrected chi connectivity index (χ4v) is 3.17. The van der Waals surface area contributed by atoms with Crippen molar-refractivity contribution in [2.45, 2.75) is 46.5 Å². The second-order valence-corrected chi connectivity index (χ2v) is 6.89. The van der Waals surface area contributed by atoms with Gasteiger partial charge in [0.25, 0.3) is 0 Å². The van der Waals surface area contributed by atoms with E-state index in [1.807, 2.05) is 0 Å². The smallest absolute Gasteiger partial charge is 0.227 e. The fraction of sp³-hybridized carbons (Fsp3) is 0.733. The van der Waals surface area contributed by atoms with Gasteiger partial charge in [0, 0.05) is 19.6 Å². The SMILES string of the molecule is CCNc1nc(N2CCCCC2)nc(CC(C)C)c1I. The second-order valence-electron chi connectivity index (χ2n) is 5.81. The number of nitrogens with zero attached hydrogens (tertiary/aromatic N) is 3. The molecule has 1 aliphatic rings. The largest absolute Gasteiger partial charge is 0.369 e. The highest BCUT2D eigenvalue weighted by Gasteiger charge is 2.18. The van der Waals surface area contributed by atoms with Crippen LogP contribution in [0.25, 0.3) is 0 Å². The van der Waals surface area contributed by atoms with Crippen LogP contribution in [0.5, 0.6) is 0 Å². The number of anilines is 2. The van der Waals surface area contributed by atoms with Crippen LogP contribution < -0.4 is 10.2 Å². The topological polar surface area (TPSA) is 41.1 Å². The third kappa shape index (κ3) is 3.96. The minimum absolute atomic E-state index is 0.613. The Hall–Kier alpha value is -0.590. The molecule has 0 aromatic carbocycles. The molecule has 0 radical (unpaired) electrons. The number of rotatable bonds is 5. The van der Waals surface area contributed by atoms with Crippen molar-refractivity contribution in [2.24, 2.45) is 5.92 Å². The Labute approximate surface area is 135 Å². The maximum atomic E-state index is 4.85. The van der Waals surface area contributed by atoms with Crippen LogP contribution in [0.2, 0.25) is 0 Å². The molecular weight excluding hydrogens is 363 g/mol. The number of aromatic nitrogens is 2. The first-order valence-corrected chi connectivity index (χ1v) is 8.75. The summed E-state index contributed by atoms with van der Waals surface area (Å²) in [6.45, 7) is 9.67. The zero-order valence-electron chi connectivity index (χ0n) is 12.7. The Morgan fingerprint density at radius 1 is 1.20 bits per heavy atom. The molecule has 2 rings (SSSR count). The minimum Gasteiger partial charge on any atom is -0.369 e. The molecule has 0 saturated carbocycles. The average Bonchev–Trinajstić information content (AvgIpc) is 2.44. The van der Waals surface area contributed by atoms with Gasteiger partial charge in [0.2, 0.25) is 5.95 Å². The molecule has 4 nitrogen and oxygen atoms in total. The molecule has 0 atom stereocenters. The van der Waals surface area contributed by atoms with E-state index in [9.17, 15) is 0 Å². The first-order valence-electron chi connectivity index (χ1n) is 7.67. The zero-order chi connectivity index (χ0) is 14.5. The van der Waals surface area contributed by atoms with Crippen molar-refractivity contribution in [3.8, 4) is 0 Å². The highest BCUT2D eigenvalue weighted by molar-refractivity contribution is 14.1. The summed E-state index contributed by atoms with van der Waals surface area (Å²) in [5, 5.41) is 3.38. The van der Waals surface area contributed by atoms with Crippen LogP contribution in [-0.4, -0.2) is 29.6 Å². The zero-order valence-corrected chi connectivity index (χ0v) is 14.9. The standard InChI is InChI=1S/C15H25IN4/c1-4-17-14-13(16)12(10-11(2)3)18-15(19-14)20-8-6-5-7-9-20/h11H,4-10H2,1-3H3,(H,17,18,19). The van der Waals surface area contributed by atoms with Crippen LogP contribution in [0.1, 0.15) is 45.7 Å². The molecule has 0 amide bonds. The summed E-state index contributed by atoms with van der Waals surface area (Å²) >= 11 is 2.38. The lowest BCUT2D eigenvalue weighted by Crippen LogP contribution is -2.31. The highest BCUT2D eigenvalue weighted by atomic mass is 127. The van der Waals surface area contributed by atoms with E-state index in [2.05, 4.69) is 53.6 Å². The normalized spacial score (nSPS) is 15.8. The highest BCUT2D eigenvalue weighted by Crippen LogP contribution is 2.25. The number of piperidine rings is 1. The molecule has 1 aromatic rings. The maximum Gasteiger partial charge on any atom is 0.227 e. The number of nitrogens with one attached hydrogen (secondary N) is 1. The summed E-state index contributed by atoms with van der Waals surface area (Å²) in [6, 6.07) is 0. The Morgan fingerprint density at radius 2 is 1.90 bits per heavy atom. The van der Waals surface area contributed by atoms with Crippen molar-refractivity contribution in [3.63, 3.8) is 0 Å². The van der Waals surface area contributed by atoms with Gasteiger partial charge in [-0.15, -0.1) is 0 Å². The predicted molar refractivity (Wildman–Crippen MR) is 93.5 cm³/mol. The van der Waals surface area contributed by atoms with Crippen molar-refractivity contribution in [1.29, 1.82) is 0 Å². The summed E-state index contributed by atoms with van der Waals surface area (Å²) in [4.78, 5) is 11.9. The number of hydrogen-bond donors (Lipinski definition) is 1. The van der Waals surface area contributed by atoms with Crippen molar-refractivity contribution in [1.82, 2.24) is 9.97 Å². The van der Waals surface area contributed by atoms with Gasteiger partial charge in [-0.1, -0.05) is 13.8 Å². The van der Waals surface area contributed by atoms with Crippen molar-refractivity contribution in [2.75, 3.05) is 29.9 Å². The van der Waals surface area contributed by atoms with Crippen molar-refractivity contribution < 1.29 is 0 Å². The van der Waals surface area contributed by atoms with E-state index < -0.39 is 0 Å². The van der Waals surface area contributed by atoms with Crippen LogP contribution in [0.15, 0.2) is 0 Å². The molecule has 20 heavy (non-hydrogen) atoms. The van der Waals surface area contributed by atoms with Gasteiger partial charge in [0.15, 0.2) is 0 Å². The van der Waals surface area contributed by atoms with Crippen molar-refractivity contribution >= 4 is 34.4 Å². The Balaban J connectivity index is 2.32. The van der Waals surface area contributed by atoms with Gasteiger partial charge < -0.3 is 10.2 Å². The second kappa shape index (κ2) is 7.43. The van der Waals surface area contributed by atoms with Gasteiger partial charge in [-0.3, -0.25) is 0 Å². The van der Waals surface area contributed by atoms with Crippen LogP contribution in [-0.2, 0) is 6.42 Å². The summed E-state index contributed by atoms with van der Waals surface area (Å²) in [5.74, 6) is 2.53. The van der Waals surface area contributed by atoms with Gasteiger partial charge in [-0.25, -0.2) is 4.98 Å². The van der Waals surface area contributed by atoms with E-state index in [4.69, 9.17) is 9.97 Å². The van der Waals surface area contributed by atoms with E-state index in [-0.39, 0.29) is 0 Å². The van der Waals surface area contributed by atoms with E-state index >= 15 is 0 Å². The molecule has 0 spiro atoms. The maximum absolute atomic E-state index is 4.85. The molecule has 2 heterocycles. The monoisotopic (exact) mass is 388 g/mol. The molecule has 1 aromatic heterocycles. The van der Waals surface area contributed by atoms with E-state index in [1.165, 1.54) is 28.5 Å². The summed E-state index contributed by atoms with van der Waals surface area (Å²) in [6.07, 6.45) is 4.86. The summed E-state index contributed by atoms with van der Waals surface area (Å²) in [5.41, 5.74) is 1.19. The lowest BCUT2D eigenvalue weighted by Gasteiger charge is -2.27. The van der Waals surface area contributed by atoms with E-state index in [0.717, 1.165) is 37.8 Å². The molecule has 1 N–H and O–H groups in total.